The predicted octanol–water partition coefficient (Wildman–Crippen LogP) is 1.58. The van der Waals surface area contributed by atoms with Gasteiger partial charge in [-0.25, -0.2) is 0 Å². The van der Waals surface area contributed by atoms with E-state index in [1.54, 1.807) is 13.0 Å². The average molecular weight is 208 g/mol. The number of aliphatic hydroxyl groups is 1. The van der Waals surface area contributed by atoms with Crippen LogP contribution in [0.5, 0.6) is 0 Å². The van der Waals surface area contributed by atoms with Crippen molar-refractivity contribution >= 4 is 5.97 Å². The van der Waals surface area contributed by atoms with Crippen LogP contribution in [-0.2, 0) is 9.53 Å². The van der Waals surface area contributed by atoms with Crippen molar-refractivity contribution < 1.29 is 14.6 Å². The van der Waals surface area contributed by atoms with E-state index in [1.165, 1.54) is 7.11 Å². The van der Waals surface area contributed by atoms with Crippen LogP contribution in [0.25, 0.3) is 0 Å². The molecule has 1 N–H and O–H groups in total. The lowest BCUT2D eigenvalue weighted by Crippen LogP contribution is -2.26. The van der Waals surface area contributed by atoms with Gasteiger partial charge >= 0.3 is 5.97 Å². The van der Waals surface area contributed by atoms with Crippen LogP contribution in [0.1, 0.15) is 26.2 Å². The molecular weight excluding hydrogens is 192 g/mol. The SMILES string of the molecule is COC(=O)C1(C2=CCC(C)(O)C=C2)CC1. The molecule has 0 spiro atoms. The highest BCUT2D eigenvalue weighted by Crippen LogP contribution is 2.54. The van der Waals surface area contributed by atoms with Crippen LogP contribution in [0, 0.1) is 5.41 Å². The third-order valence-electron chi connectivity index (χ3n) is 3.24. The largest absolute Gasteiger partial charge is 0.468 e. The van der Waals surface area contributed by atoms with E-state index in [0.29, 0.717) is 6.42 Å². The minimum absolute atomic E-state index is 0.153. The van der Waals surface area contributed by atoms with Gasteiger partial charge in [0.1, 0.15) is 0 Å². The van der Waals surface area contributed by atoms with Gasteiger partial charge < -0.3 is 9.84 Å². The summed E-state index contributed by atoms with van der Waals surface area (Å²) in [5, 5.41) is 9.73. The van der Waals surface area contributed by atoms with E-state index in [2.05, 4.69) is 0 Å². The first-order valence-corrected chi connectivity index (χ1v) is 5.21. The van der Waals surface area contributed by atoms with Crippen molar-refractivity contribution in [3.63, 3.8) is 0 Å². The van der Waals surface area contributed by atoms with Crippen molar-refractivity contribution in [3.8, 4) is 0 Å². The van der Waals surface area contributed by atoms with Gasteiger partial charge in [0.15, 0.2) is 0 Å². The van der Waals surface area contributed by atoms with Gasteiger partial charge in [-0.15, -0.1) is 0 Å². The van der Waals surface area contributed by atoms with Crippen LogP contribution in [0.2, 0.25) is 0 Å². The Morgan fingerprint density at radius 2 is 2.20 bits per heavy atom. The highest BCUT2D eigenvalue weighted by molar-refractivity contribution is 5.84. The molecular formula is C12H16O3. The third-order valence-corrected chi connectivity index (χ3v) is 3.24. The van der Waals surface area contributed by atoms with Crippen molar-refractivity contribution in [2.45, 2.75) is 31.8 Å². The average Bonchev–Trinajstić information content (AvgIpc) is 2.98. The van der Waals surface area contributed by atoms with Gasteiger partial charge in [0, 0.05) is 0 Å². The van der Waals surface area contributed by atoms with Crippen LogP contribution in [0.15, 0.2) is 23.8 Å². The van der Waals surface area contributed by atoms with Crippen LogP contribution < -0.4 is 0 Å². The van der Waals surface area contributed by atoms with E-state index in [-0.39, 0.29) is 5.97 Å². The van der Waals surface area contributed by atoms with E-state index in [1.807, 2.05) is 12.2 Å². The zero-order chi connectivity index (χ0) is 11.1. The normalized spacial score (nSPS) is 32.1. The monoisotopic (exact) mass is 208 g/mol. The highest BCUT2D eigenvalue weighted by Gasteiger charge is 2.53. The zero-order valence-electron chi connectivity index (χ0n) is 9.12. The van der Waals surface area contributed by atoms with Crippen LogP contribution >= 0.6 is 0 Å². The standard InChI is InChI=1S/C12H16O3/c1-11(14)5-3-9(4-6-11)12(7-8-12)10(13)15-2/h3-5,14H,6-8H2,1-2H3. The number of ether oxygens (including phenoxy) is 1. The summed E-state index contributed by atoms with van der Waals surface area (Å²) in [6.07, 6.45) is 7.84. The summed E-state index contributed by atoms with van der Waals surface area (Å²) in [5.41, 5.74) is -0.168. The minimum atomic E-state index is -0.768. The molecule has 0 bridgehead atoms. The molecule has 0 heterocycles. The molecule has 0 aliphatic heterocycles. The molecule has 1 fully saturated rings. The Morgan fingerprint density at radius 1 is 1.53 bits per heavy atom. The van der Waals surface area contributed by atoms with Gasteiger partial charge in [-0.1, -0.05) is 18.2 Å². The fourth-order valence-electron chi connectivity index (χ4n) is 2.01. The van der Waals surface area contributed by atoms with Gasteiger partial charge in [0.05, 0.1) is 18.1 Å². The summed E-state index contributed by atoms with van der Waals surface area (Å²) < 4.78 is 4.81. The number of allylic oxidation sites excluding steroid dienone is 1. The van der Waals surface area contributed by atoms with Crippen molar-refractivity contribution in [1.29, 1.82) is 0 Å². The second kappa shape index (κ2) is 3.20. The summed E-state index contributed by atoms with van der Waals surface area (Å²) >= 11 is 0. The van der Waals surface area contributed by atoms with Crippen molar-refractivity contribution in [2.75, 3.05) is 7.11 Å². The van der Waals surface area contributed by atoms with Crippen molar-refractivity contribution in [1.82, 2.24) is 0 Å². The lowest BCUT2D eigenvalue weighted by Gasteiger charge is -2.24. The van der Waals surface area contributed by atoms with E-state index in [4.69, 9.17) is 4.74 Å². The van der Waals surface area contributed by atoms with Crippen LogP contribution in [0.3, 0.4) is 0 Å². The first-order chi connectivity index (χ1) is 7.00. The molecule has 2 rings (SSSR count). The van der Waals surface area contributed by atoms with Gasteiger partial charge in [0.2, 0.25) is 0 Å². The number of hydrogen-bond acceptors (Lipinski definition) is 3. The molecule has 1 saturated carbocycles. The Bertz CT molecular complexity index is 346. The number of carbonyl (C=O) groups excluding carboxylic acids is 1. The molecule has 82 valence electrons. The van der Waals surface area contributed by atoms with Gasteiger partial charge in [-0.2, -0.15) is 0 Å². The molecule has 15 heavy (non-hydrogen) atoms. The molecule has 0 aromatic rings. The maximum Gasteiger partial charge on any atom is 0.316 e. The number of hydrogen-bond donors (Lipinski definition) is 1. The van der Waals surface area contributed by atoms with E-state index >= 15 is 0 Å². The molecule has 2 aliphatic carbocycles. The summed E-state index contributed by atoms with van der Waals surface area (Å²) in [5.74, 6) is -0.153. The lowest BCUT2D eigenvalue weighted by atomic mass is 9.86. The molecule has 3 heteroatoms. The Hall–Kier alpha value is -1.09. The molecule has 2 aliphatic rings. The number of carbonyl (C=O) groups is 1. The fraction of sp³-hybridized carbons (Fsp3) is 0.583. The van der Waals surface area contributed by atoms with Crippen molar-refractivity contribution in [2.24, 2.45) is 5.41 Å². The van der Waals surface area contributed by atoms with Gasteiger partial charge in [-0.05, 0) is 31.8 Å². The topological polar surface area (TPSA) is 46.5 Å². The zero-order valence-corrected chi connectivity index (χ0v) is 9.12. The van der Waals surface area contributed by atoms with Crippen molar-refractivity contribution in [3.05, 3.63) is 23.8 Å². The van der Waals surface area contributed by atoms with Gasteiger partial charge in [0.25, 0.3) is 0 Å². The fourth-order valence-corrected chi connectivity index (χ4v) is 2.01. The van der Waals surface area contributed by atoms with Gasteiger partial charge in [-0.3, -0.25) is 4.79 Å². The summed E-state index contributed by atoms with van der Waals surface area (Å²) in [6, 6.07) is 0. The summed E-state index contributed by atoms with van der Waals surface area (Å²) in [6.45, 7) is 1.76. The van der Waals surface area contributed by atoms with E-state index in [9.17, 15) is 9.90 Å². The predicted molar refractivity (Wildman–Crippen MR) is 56.1 cm³/mol. The Kier molecular flexibility index (Phi) is 2.23. The Morgan fingerprint density at radius 3 is 2.60 bits per heavy atom. The quantitative estimate of drug-likeness (QED) is 0.701. The first-order valence-electron chi connectivity index (χ1n) is 5.21. The molecule has 1 atom stereocenters. The third kappa shape index (κ3) is 1.72. The molecule has 0 saturated heterocycles. The highest BCUT2D eigenvalue weighted by atomic mass is 16.5. The Balaban J connectivity index is 2.18. The van der Waals surface area contributed by atoms with Crippen LogP contribution in [-0.4, -0.2) is 23.8 Å². The molecule has 0 radical (unpaired) electrons. The molecule has 3 nitrogen and oxygen atoms in total. The summed E-state index contributed by atoms with van der Waals surface area (Å²) in [4.78, 5) is 11.6. The Labute approximate surface area is 89.4 Å². The van der Waals surface area contributed by atoms with E-state index in [0.717, 1.165) is 18.4 Å². The molecule has 0 amide bonds. The molecule has 0 aromatic heterocycles. The smallest absolute Gasteiger partial charge is 0.316 e. The lowest BCUT2D eigenvalue weighted by molar-refractivity contribution is -0.145. The maximum absolute atomic E-state index is 11.6. The second-order valence-electron chi connectivity index (χ2n) is 4.63. The minimum Gasteiger partial charge on any atom is -0.468 e. The first kappa shape index (κ1) is 10.4. The molecule has 0 aromatic carbocycles. The number of esters is 1. The summed E-state index contributed by atoms with van der Waals surface area (Å²) in [7, 11) is 1.42. The van der Waals surface area contributed by atoms with E-state index < -0.39 is 11.0 Å². The number of methoxy groups -OCH3 is 1. The molecule has 1 unspecified atom stereocenters. The second-order valence-corrected chi connectivity index (χ2v) is 4.63. The van der Waals surface area contributed by atoms with Crippen LogP contribution in [0.4, 0.5) is 0 Å². The number of rotatable bonds is 2. The maximum atomic E-state index is 11.6.